The van der Waals surface area contributed by atoms with Gasteiger partial charge in [0.15, 0.2) is 0 Å². The van der Waals surface area contributed by atoms with Crippen molar-refractivity contribution in [1.29, 1.82) is 0 Å². The molecule has 0 aliphatic heterocycles. The number of methoxy groups -OCH3 is 1. The molecule has 13 heteroatoms. The molecule has 4 aromatic rings. The second-order valence-electron chi connectivity index (χ2n) is 11.3. The predicted molar refractivity (Wildman–Crippen MR) is 171 cm³/mol. The predicted octanol–water partition coefficient (Wildman–Crippen LogP) is 7.68. The zero-order valence-electron chi connectivity index (χ0n) is 27.1. The van der Waals surface area contributed by atoms with E-state index in [2.05, 4.69) is 0 Å². The molecule has 0 spiro atoms. The summed E-state index contributed by atoms with van der Waals surface area (Å²) < 4.78 is 94.3. The van der Waals surface area contributed by atoms with Crippen LogP contribution in [-0.2, 0) is 41.5 Å². The molecule has 0 fully saturated rings. The Balaban J connectivity index is 1.65. The van der Waals surface area contributed by atoms with Gasteiger partial charge in [0.2, 0.25) is 5.91 Å². The van der Waals surface area contributed by atoms with Gasteiger partial charge >= 0.3 is 12.4 Å². The van der Waals surface area contributed by atoms with Crippen LogP contribution >= 0.6 is 0 Å². The van der Waals surface area contributed by atoms with E-state index in [0.29, 0.717) is 31.0 Å². The number of rotatable bonds is 15. The molecule has 0 saturated carbocycles. The fraction of sp³-hybridized carbons (Fsp3) is 0.333. The molecule has 0 aliphatic rings. The Hall–Kier alpha value is -4.78. The van der Waals surface area contributed by atoms with Crippen molar-refractivity contribution in [3.63, 3.8) is 0 Å². The Labute approximate surface area is 280 Å². The summed E-state index contributed by atoms with van der Waals surface area (Å²) in [4.78, 5) is 30.2. The van der Waals surface area contributed by atoms with E-state index in [1.165, 1.54) is 4.90 Å². The molecule has 0 bridgehead atoms. The normalized spacial score (nSPS) is 11.8. The molecule has 7 nitrogen and oxygen atoms in total. The summed E-state index contributed by atoms with van der Waals surface area (Å²) >= 11 is 0. The van der Waals surface area contributed by atoms with Crippen LogP contribution < -0.4 is 4.74 Å². The molecule has 262 valence electrons. The highest BCUT2D eigenvalue weighted by Crippen LogP contribution is 2.36. The van der Waals surface area contributed by atoms with Gasteiger partial charge in [0.05, 0.1) is 24.8 Å². The molecule has 49 heavy (non-hydrogen) atoms. The monoisotopic (exact) mass is 689 g/mol. The minimum Gasteiger partial charge on any atom is -0.497 e. The number of hydrogen-bond acceptors (Lipinski definition) is 4. The third kappa shape index (κ3) is 10.6. The smallest absolute Gasteiger partial charge is 0.416 e. The maximum absolute atomic E-state index is 14.0. The quantitative estimate of drug-likeness (QED) is 0.0950. The van der Waals surface area contributed by atoms with E-state index >= 15 is 0 Å². The van der Waals surface area contributed by atoms with Gasteiger partial charge in [-0.2, -0.15) is 26.3 Å². The van der Waals surface area contributed by atoms with Crippen LogP contribution in [0.5, 0.6) is 5.75 Å². The highest BCUT2D eigenvalue weighted by molar-refractivity contribution is 5.97. The van der Waals surface area contributed by atoms with E-state index in [4.69, 9.17) is 9.47 Å². The fourth-order valence-corrected chi connectivity index (χ4v) is 5.22. The number of ether oxygens (including phenoxy) is 2. The summed E-state index contributed by atoms with van der Waals surface area (Å²) in [5.74, 6) is -1.00. The number of carbonyl (C=O) groups is 2. The van der Waals surface area contributed by atoms with Crippen molar-refractivity contribution >= 4 is 11.8 Å². The first kappa shape index (κ1) is 37.0. The molecule has 0 aliphatic carbocycles. The third-order valence-electron chi connectivity index (χ3n) is 7.70. The Kier molecular flexibility index (Phi) is 12.5. The van der Waals surface area contributed by atoms with Gasteiger partial charge in [-0.05, 0) is 66.9 Å². The Morgan fingerprint density at radius 1 is 0.776 bits per heavy atom. The van der Waals surface area contributed by atoms with Gasteiger partial charge in [-0.15, -0.1) is 0 Å². The van der Waals surface area contributed by atoms with Crippen LogP contribution in [-0.4, -0.2) is 59.6 Å². The number of nitrogens with zero attached hydrogens (tertiary/aromatic N) is 3. The second kappa shape index (κ2) is 16.6. The Morgan fingerprint density at radius 3 is 2.08 bits per heavy atom. The number of halogens is 6. The van der Waals surface area contributed by atoms with Crippen LogP contribution in [0.15, 0.2) is 91.1 Å². The summed E-state index contributed by atoms with van der Waals surface area (Å²) in [6.45, 7) is 2.23. The van der Waals surface area contributed by atoms with Gasteiger partial charge in [-0.25, -0.2) is 0 Å². The molecule has 1 aromatic heterocycles. The number of hydrogen-bond donors (Lipinski definition) is 0. The van der Waals surface area contributed by atoms with Crippen LogP contribution in [0, 0.1) is 0 Å². The van der Waals surface area contributed by atoms with Crippen molar-refractivity contribution in [2.75, 3.05) is 33.4 Å². The van der Waals surface area contributed by atoms with Gasteiger partial charge in [0.25, 0.3) is 5.91 Å². The first-order valence-electron chi connectivity index (χ1n) is 15.5. The molecular weight excluding hydrogens is 652 g/mol. The van der Waals surface area contributed by atoms with Gasteiger partial charge in [-0.3, -0.25) is 9.59 Å². The summed E-state index contributed by atoms with van der Waals surface area (Å²) in [7, 11) is 1.57. The van der Waals surface area contributed by atoms with Crippen molar-refractivity contribution in [3.05, 3.63) is 125 Å². The fourth-order valence-electron chi connectivity index (χ4n) is 5.22. The molecule has 0 atom stereocenters. The van der Waals surface area contributed by atoms with Crippen molar-refractivity contribution in [1.82, 2.24) is 14.4 Å². The minimum atomic E-state index is -5.14. The molecule has 0 N–H and O–H groups in total. The number of amides is 2. The molecule has 0 unspecified atom stereocenters. The third-order valence-corrected chi connectivity index (χ3v) is 7.70. The summed E-state index contributed by atoms with van der Waals surface area (Å²) in [6, 6.07) is 21.0. The second-order valence-corrected chi connectivity index (χ2v) is 11.3. The first-order valence-corrected chi connectivity index (χ1v) is 15.5. The number of aromatic nitrogens is 1. The number of alkyl halides is 6. The van der Waals surface area contributed by atoms with Gasteiger partial charge in [0, 0.05) is 50.3 Å². The van der Waals surface area contributed by atoms with Gasteiger partial charge in [-0.1, -0.05) is 42.5 Å². The largest absolute Gasteiger partial charge is 0.497 e. The zero-order valence-corrected chi connectivity index (χ0v) is 27.1. The Morgan fingerprint density at radius 2 is 1.45 bits per heavy atom. The molecule has 4 rings (SSSR count). The number of benzene rings is 3. The molecule has 0 radical (unpaired) electrons. The maximum atomic E-state index is 14.0. The lowest BCUT2D eigenvalue weighted by molar-refractivity contribution is -0.143. The maximum Gasteiger partial charge on any atom is 0.416 e. The van der Waals surface area contributed by atoms with E-state index < -0.39 is 47.4 Å². The summed E-state index contributed by atoms with van der Waals surface area (Å²) in [5, 5.41) is 0. The van der Waals surface area contributed by atoms with E-state index in [-0.39, 0.29) is 38.7 Å². The average molecular weight is 690 g/mol. The van der Waals surface area contributed by atoms with Crippen molar-refractivity contribution in [2.24, 2.45) is 0 Å². The molecule has 3 aromatic carbocycles. The Bertz CT molecular complexity index is 1660. The lowest BCUT2D eigenvalue weighted by Gasteiger charge is -2.29. The summed E-state index contributed by atoms with van der Waals surface area (Å²) in [6.07, 6.45) is -8.23. The van der Waals surface area contributed by atoms with E-state index in [0.717, 1.165) is 21.7 Å². The van der Waals surface area contributed by atoms with Crippen LogP contribution in [0.25, 0.3) is 0 Å². The standard InChI is InChI=1S/C36H37F6N3O4/c1-3-49-17-9-16-44(34(47)28-19-29(35(37,38)39)21-30(20-28)36(40,41)42)25-33(46)45(22-26-10-5-4-6-11-26)24-31-13-8-15-43(31)23-27-12-7-14-32(18-27)48-2/h4-8,10-15,18-21H,3,9,16-17,22-25H2,1-2H3. The summed E-state index contributed by atoms with van der Waals surface area (Å²) in [5.41, 5.74) is -1.57. The van der Waals surface area contributed by atoms with E-state index in [9.17, 15) is 35.9 Å². The molecule has 0 saturated heterocycles. The average Bonchev–Trinajstić information content (AvgIpc) is 3.50. The van der Waals surface area contributed by atoms with Gasteiger partial charge < -0.3 is 23.8 Å². The van der Waals surface area contributed by atoms with Crippen molar-refractivity contribution in [2.45, 2.75) is 45.3 Å². The SMILES string of the molecule is CCOCCCN(CC(=O)N(Cc1ccccc1)Cc1cccn1Cc1cccc(OC)c1)C(=O)c1cc(C(F)(F)F)cc(C(F)(F)F)c1. The lowest BCUT2D eigenvalue weighted by Crippen LogP contribution is -2.43. The highest BCUT2D eigenvalue weighted by Gasteiger charge is 2.38. The van der Waals surface area contributed by atoms with Crippen molar-refractivity contribution in [3.8, 4) is 5.75 Å². The highest BCUT2D eigenvalue weighted by atomic mass is 19.4. The van der Waals surface area contributed by atoms with Crippen LogP contribution in [0.4, 0.5) is 26.3 Å². The molecule has 2 amide bonds. The van der Waals surface area contributed by atoms with E-state index in [1.54, 1.807) is 26.2 Å². The van der Waals surface area contributed by atoms with Crippen LogP contribution in [0.2, 0.25) is 0 Å². The number of carbonyl (C=O) groups excluding carboxylic acids is 2. The lowest BCUT2D eigenvalue weighted by atomic mass is 10.0. The minimum absolute atomic E-state index is 0.0381. The molecular formula is C36H37F6N3O4. The molecule has 1 heterocycles. The van der Waals surface area contributed by atoms with E-state index in [1.807, 2.05) is 65.4 Å². The zero-order chi connectivity index (χ0) is 35.6. The van der Waals surface area contributed by atoms with Gasteiger partial charge in [0.1, 0.15) is 12.3 Å². The van der Waals surface area contributed by atoms with Crippen LogP contribution in [0.3, 0.4) is 0 Å². The first-order chi connectivity index (χ1) is 23.3. The van der Waals surface area contributed by atoms with Crippen molar-refractivity contribution < 1.29 is 45.4 Å². The van der Waals surface area contributed by atoms with Crippen LogP contribution in [0.1, 0.15) is 51.7 Å². The topological polar surface area (TPSA) is 64.0 Å².